The van der Waals surface area contributed by atoms with Crippen molar-refractivity contribution in [2.45, 2.75) is 0 Å². The first-order chi connectivity index (χ1) is 13.5. The third-order valence-corrected chi connectivity index (χ3v) is 5.22. The number of hydrogen-bond donors (Lipinski definition) is 0. The van der Waals surface area contributed by atoms with Gasteiger partial charge in [0.15, 0.2) is 0 Å². The Morgan fingerprint density at radius 3 is 2.25 bits per heavy atom. The first-order valence-electron chi connectivity index (χ1n) is 8.99. The summed E-state index contributed by atoms with van der Waals surface area (Å²) in [7, 11) is 1.54. The van der Waals surface area contributed by atoms with Crippen molar-refractivity contribution in [2.24, 2.45) is 7.05 Å². The molecule has 0 N–H and O–H groups in total. The summed E-state index contributed by atoms with van der Waals surface area (Å²) in [6.07, 6.45) is 0. The molecule has 28 heavy (non-hydrogen) atoms. The molecule has 0 saturated carbocycles. The molecular weight excluding hydrogens is 363 g/mol. The lowest BCUT2D eigenvalue weighted by atomic mass is 10.1. The van der Waals surface area contributed by atoms with Crippen LogP contribution in [-0.4, -0.2) is 35.7 Å². The molecular formula is C20H19FN4O3. The molecule has 0 atom stereocenters. The normalized spacial score (nSPS) is 14.5. The van der Waals surface area contributed by atoms with Crippen LogP contribution in [0.4, 0.5) is 21.5 Å². The highest BCUT2D eigenvalue weighted by Crippen LogP contribution is 2.34. The van der Waals surface area contributed by atoms with Crippen molar-refractivity contribution >= 4 is 28.0 Å². The van der Waals surface area contributed by atoms with Gasteiger partial charge in [-0.3, -0.25) is 14.9 Å². The van der Waals surface area contributed by atoms with Gasteiger partial charge in [-0.1, -0.05) is 30.3 Å². The van der Waals surface area contributed by atoms with E-state index in [0.717, 1.165) is 0 Å². The lowest BCUT2D eigenvalue weighted by molar-refractivity contribution is -0.385. The van der Waals surface area contributed by atoms with E-state index < -0.39 is 16.2 Å². The van der Waals surface area contributed by atoms with E-state index in [0.29, 0.717) is 48.5 Å². The molecule has 1 aromatic heterocycles. The van der Waals surface area contributed by atoms with Gasteiger partial charge in [-0.25, -0.2) is 4.39 Å². The lowest BCUT2D eigenvalue weighted by Crippen LogP contribution is -2.47. The first-order valence-corrected chi connectivity index (χ1v) is 8.99. The maximum Gasteiger partial charge on any atom is 0.357 e. The Balaban J connectivity index is 1.75. The van der Waals surface area contributed by atoms with Crippen LogP contribution in [0.1, 0.15) is 0 Å². The third-order valence-electron chi connectivity index (χ3n) is 5.22. The second-order valence-electron chi connectivity index (χ2n) is 6.76. The molecule has 0 spiro atoms. The van der Waals surface area contributed by atoms with Crippen molar-refractivity contribution < 1.29 is 9.31 Å². The van der Waals surface area contributed by atoms with E-state index in [1.54, 1.807) is 42.5 Å². The molecule has 2 heterocycles. The molecule has 0 radical (unpaired) electrons. The molecule has 3 aromatic rings. The summed E-state index contributed by atoms with van der Waals surface area (Å²) in [6, 6.07) is 13.7. The van der Waals surface area contributed by atoms with Gasteiger partial charge in [0.05, 0.1) is 16.1 Å². The summed E-state index contributed by atoms with van der Waals surface area (Å²) >= 11 is 0. The van der Waals surface area contributed by atoms with E-state index in [1.807, 2.05) is 9.80 Å². The number of hydrogen-bond acceptors (Lipinski definition) is 5. The number of piperazine rings is 1. The van der Waals surface area contributed by atoms with Gasteiger partial charge in [0.1, 0.15) is 11.5 Å². The van der Waals surface area contributed by atoms with Gasteiger partial charge in [-0.05, 0) is 18.2 Å². The van der Waals surface area contributed by atoms with Crippen molar-refractivity contribution in [3.8, 4) is 0 Å². The summed E-state index contributed by atoms with van der Waals surface area (Å²) in [4.78, 5) is 27.5. The molecule has 1 aliphatic heterocycles. The minimum atomic E-state index is -0.629. The summed E-state index contributed by atoms with van der Waals surface area (Å²) < 4.78 is 15.4. The second kappa shape index (κ2) is 6.95. The first kappa shape index (κ1) is 18.0. The summed E-state index contributed by atoms with van der Waals surface area (Å²) in [6.45, 7) is 1.90. The van der Waals surface area contributed by atoms with Crippen molar-refractivity contribution in [2.75, 3.05) is 36.0 Å². The number of aryl methyl sites for hydroxylation is 1. The van der Waals surface area contributed by atoms with E-state index >= 15 is 0 Å². The van der Waals surface area contributed by atoms with Gasteiger partial charge in [0.2, 0.25) is 0 Å². The molecule has 1 fully saturated rings. The zero-order valence-electron chi connectivity index (χ0n) is 15.3. The third kappa shape index (κ3) is 2.87. The average Bonchev–Trinajstić information content (AvgIpc) is 2.71. The fourth-order valence-electron chi connectivity index (χ4n) is 3.83. The number of halogens is 1. The van der Waals surface area contributed by atoms with Crippen molar-refractivity contribution in [1.82, 2.24) is 4.57 Å². The predicted molar refractivity (Wildman–Crippen MR) is 107 cm³/mol. The topological polar surface area (TPSA) is 71.6 Å². The maximum absolute atomic E-state index is 14.1. The number of para-hydroxylation sites is 2. The van der Waals surface area contributed by atoms with Crippen LogP contribution in [0.15, 0.2) is 53.3 Å². The Hall–Kier alpha value is -3.42. The SMILES string of the molecule is Cn1c(=O)c([N+](=O)[O-])c(N2CCN(c3ccccc3F)CC2)c2ccccc21. The number of rotatable bonds is 3. The maximum atomic E-state index is 14.1. The molecule has 1 aliphatic rings. The largest absolute Gasteiger partial charge is 0.366 e. The standard InChI is InChI=1S/C20H19FN4O3/c1-22-16-8-4-2-6-14(16)18(19(20(22)26)25(27)28)24-12-10-23(11-13-24)17-9-5-3-7-15(17)21/h2-9H,10-13H2,1H3. The van der Waals surface area contributed by atoms with Crippen LogP contribution in [0.5, 0.6) is 0 Å². The van der Waals surface area contributed by atoms with Crippen molar-refractivity contribution in [3.05, 3.63) is 74.8 Å². The van der Waals surface area contributed by atoms with Crippen LogP contribution in [-0.2, 0) is 7.05 Å². The Morgan fingerprint density at radius 2 is 1.57 bits per heavy atom. The van der Waals surface area contributed by atoms with E-state index in [1.165, 1.54) is 17.7 Å². The Bertz CT molecular complexity index is 1120. The molecule has 0 unspecified atom stereocenters. The monoisotopic (exact) mass is 382 g/mol. The number of benzene rings is 2. The molecule has 0 amide bonds. The van der Waals surface area contributed by atoms with Crippen LogP contribution >= 0.6 is 0 Å². The average molecular weight is 382 g/mol. The second-order valence-corrected chi connectivity index (χ2v) is 6.76. The number of nitrogens with zero attached hydrogens (tertiary/aromatic N) is 4. The Kier molecular flexibility index (Phi) is 4.46. The molecule has 0 bridgehead atoms. The fourth-order valence-corrected chi connectivity index (χ4v) is 3.83. The van der Waals surface area contributed by atoms with Crippen LogP contribution in [0.2, 0.25) is 0 Å². The molecule has 2 aromatic carbocycles. The number of fused-ring (bicyclic) bond motifs is 1. The highest BCUT2D eigenvalue weighted by atomic mass is 19.1. The van der Waals surface area contributed by atoms with Gasteiger partial charge in [0, 0.05) is 38.6 Å². The number of aromatic nitrogens is 1. The fraction of sp³-hybridized carbons (Fsp3) is 0.250. The van der Waals surface area contributed by atoms with Crippen LogP contribution < -0.4 is 15.4 Å². The van der Waals surface area contributed by atoms with Crippen molar-refractivity contribution in [3.63, 3.8) is 0 Å². The van der Waals surface area contributed by atoms with E-state index in [4.69, 9.17) is 0 Å². The van der Waals surface area contributed by atoms with E-state index in [9.17, 15) is 19.3 Å². The van der Waals surface area contributed by atoms with Crippen LogP contribution in [0.25, 0.3) is 10.9 Å². The quantitative estimate of drug-likeness (QED) is 0.515. The predicted octanol–water partition coefficient (Wildman–Crippen LogP) is 2.91. The molecule has 8 heteroatoms. The smallest absolute Gasteiger partial charge is 0.357 e. The Morgan fingerprint density at radius 1 is 0.964 bits per heavy atom. The molecule has 1 saturated heterocycles. The number of anilines is 2. The minimum absolute atomic E-state index is 0.291. The molecule has 7 nitrogen and oxygen atoms in total. The molecule has 0 aliphatic carbocycles. The van der Waals surface area contributed by atoms with Crippen molar-refractivity contribution in [1.29, 1.82) is 0 Å². The number of nitro groups is 1. The van der Waals surface area contributed by atoms with Gasteiger partial charge >= 0.3 is 11.2 Å². The zero-order chi connectivity index (χ0) is 19.8. The highest BCUT2D eigenvalue weighted by Gasteiger charge is 2.30. The molecule has 144 valence electrons. The highest BCUT2D eigenvalue weighted by molar-refractivity contribution is 5.96. The van der Waals surface area contributed by atoms with Gasteiger partial charge < -0.3 is 14.4 Å². The van der Waals surface area contributed by atoms with E-state index in [-0.39, 0.29) is 5.82 Å². The van der Waals surface area contributed by atoms with Gasteiger partial charge in [0.25, 0.3) is 0 Å². The summed E-state index contributed by atoms with van der Waals surface area (Å²) in [5.74, 6) is -0.291. The summed E-state index contributed by atoms with van der Waals surface area (Å²) in [5.41, 5.74) is 0.461. The van der Waals surface area contributed by atoms with Gasteiger partial charge in [-0.2, -0.15) is 0 Å². The van der Waals surface area contributed by atoms with Gasteiger partial charge in [-0.15, -0.1) is 0 Å². The Labute approximate surface area is 160 Å². The van der Waals surface area contributed by atoms with Crippen LogP contribution in [0.3, 0.4) is 0 Å². The van der Waals surface area contributed by atoms with E-state index in [2.05, 4.69) is 0 Å². The lowest BCUT2D eigenvalue weighted by Gasteiger charge is -2.37. The zero-order valence-corrected chi connectivity index (χ0v) is 15.3. The molecule has 4 rings (SSSR count). The van der Waals surface area contributed by atoms with Crippen LogP contribution in [0, 0.1) is 15.9 Å². The number of pyridine rings is 1. The minimum Gasteiger partial charge on any atom is -0.366 e. The summed E-state index contributed by atoms with van der Waals surface area (Å²) in [5, 5.41) is 12.4.